The van der Waals surface area contributed by atoms with E-state index in [2.05, 4.69) is 56.1 Å². The van der Waals surface area contributed by atoms with Crippen LogP contribution in [0.5, 0.6) is 0 Å². The monoisotopic (exact) mass is 513 g/mol. The first-order valence-corrected chi connectivity index (χ1v) is 12.4. The Balaban J connectivity index is 0.000000461. The van der Waals surface area contributed by atoms with E-state index in [0.717, 1.165) is 5.56 Å². The quantitative estimate of drug-likeness (QED) is 0.182. The molecule has 0 saturated carbocycles. The molecular formula is C26H38Cl2NO3P. The van der Waals surface area contributed by atoms with Gasteiger partial charge < -0.3 is 14.8 Å². The molecule has 0 amide bonds. The Bertz CT molecular complexity index is 907. The van der Waals surface area contributed by atoms with Crippen LogP contribution in [0.3, 0.4) is 0 Å². The maximum Gasteiger partial charge on any atom is 0.342 e. The summed E-state index contributed by atoms with van der Waals surface area (Å²) < 4.78 is 10.1. The van der Waals surface area contributed by atoms with E-state index in [9.17, 15) is 4.79 Å². The lowest BCUT2D eigenvalue weighted by molar-refractivity contribution is -0.0273. The Morgan fingerprint density at radius 1 is 1.03 bits per heavy atom. The fourth-order valence-electron chi connectivity index (χ4n) is 3.23. The van der Waals surface area contributed by atoms with Gasteiger partial charge in [-0.2, -0.15) is 0 Å². The molecule has 0 aliphatic carbocycles. The van der Waals surface area contributed by atoms with Gasteiger partial charge in [-0.15, -0.1) is 9.24 Å². The highest BCUT2D eigenvalue weighted by Crippen LogP contribution is 2.39. The number of benzene rings is 2. The minimum absolute atomic E-state index is 0.0877. The normalized spacial score (nSPS) is 11.6. The molecule has 0 fully saturated rings. The maximum absolute atomic E-state index is 12.2. The predicted octanol–water partition coefficient (Wildman–Crippen LogP) is 8.52. The molecule has 4 nitrogen and oxygen atoms in total. The number of esters is 1. The van der Waals surface area contributed by atoms with Crippen molar-refractivity contribution in [2.75, 3.05) is 18.7 Å². The van der Waals surface area contributed by atoms with Gasteiger partial charge in [-0.1, -0.05) is 82.9 Å². The van der Waals surface area contributed by atoms with Crippen LogP contribution in [-0.4, -0.2) is 25.0 Å². The van der Waals surface area contributed by atoms with Gasteiger partial charge in [-0.25, -0.2) is 4.79 Å². The molecule has 7 heteroatoms. The Labute approximate surface area is 211 Å². The number of aryl methyl sites for hydroxylation is 1. The Morgan fingerprint density at radius 2 is 1.61 bits per heavy atom. The van der Waals surface area contributed by atoms with Crippen molar-refractivity contribution in [2.24, 2.45) is 10.8 Å². The van der Waals surface area contributed by atoms with E-state index in [0.29, 0.717) is 50.1 Å². The lowest BCUT2D eigenvalue weighted by Crippen LogP contribution is -2.32. The molecule has 1 unspecified atom stereocenters. The summed E-state index contributed by atoms with van der Waals surface area (Å²) in [5, 5.41) is 4.10. The second-order valence-electron chi connectivity index (χ2n) is 9.98. The summed E-state index contributed by atoms with van der Waals surface area (Å²) in [6.45, 7) is 17.8. The minimum Gasteiger partial charge on any atom is -0.435 e. The second kappa shape index (κ2) is 13.0. The van der Waals surface area contributed by atoms with Gasteiger partial charge in [0.1, 0.15) is 0 Å². The third-order valence-electron chi connectivity index (χ3n) is 5.03. The molecule has 0 bridgehead atoms. The average Bonchev–Trinajstić information content (AvgIpc) is 2.73. The van der Waals surface area contributed by atoms with E-state index in [1.54, 1.807) is 30.3 Å². The molecule has 0 aliphatic heterocycles. The molecule has 2 aromatic carbocycles. The van der Waals surface area contributed by atoms with Crippen molar-refractivity contribution in [2.45, 2.75) is 61.0 Å². The summed E-state index contributed by atoms with van der Waals surface area (Å²) in [4.78, 5) is 12.2. The van der Waals surface area contributed by atoms with Gasteiger partial charge in [-0.05, 0) is 54.1 Å². The van der Waals surface area contributed by atoms with Crippen LogP contribution in [0.25, 0.3) is 0 Å². The summed E-state index contributed by atoms with van der Waals surface area (Å²) in [6, 6.07) is 10.6. The van der Waals surface area contributed by atoms with Crippen LogP contribution in [-0.2, 0) is 9.47 Å². The molecule has 33 heavy (non-hydrogen) atoms. The fourth-order valence-corrected chi connectivity index (χ4v) is 3.70. The van der Waals surface area contributed by atoms with Gasteiger partial charge in [0.25, 0.3) is 0 Å². The predicted molar refractivity (Wildman–Crippen MR) is 145 cm³/mol. The highest BCUT2D eigenvalue weighted by atomic mass is 35.5. The summed E-state index contributed by atoms with van der Waals surface area (Å²) in [5.74, 6) is -0.485. The number of hydrogen-bond acceptors (Lipinski definition) is 4. The van der Waals surface area contributed by atoms with Crippen LogP contribution in [0.15, 0.2) is 36.4 Å². The number of halogens is 2. The maximum atomic E-state index is 12.2. The lowest BCUT2D eigenvalue weighted by atomic mass is 9.77. The van der Waals surface area contributed by atoms with Crippen molar-refractivity contribution in [1.29, 1.82) is 0 Å². The number of nitrogens with one attached hydrogen (secondary N) is 1. The second-order valence-corrected chi connectivity index (χ2v) is 11.4. The van der Waals surface area contributed by atoms with Crippen LogP contribution >= 0.6 is 32.4 Å². The number of anilines is 2. The average molecular weight is 514 g/mol. The van der Waals surface area contributed by atoms with Crippen molar-refractivity contribution in [3.63, 3.8) is 0 Å². The highest BCUT2D eigenvalue weighted by molar-refractivity contribution is 7.17. The molecule has 1 N–H and O–H groups in total. The van der Waals surface area contributed by atoms with E-state index in [1.165, 1.54) is 0 Å². The van der Waals surface area contributed by atoms with Crippen molar-refractivity contribution < 1.29 is 14.3 Å². The summed E-state index contributed by atoms with van der Waals surface area (Å²) in [6.07, 6.45) is 0. The van der Waals surface area contributed by atoms with Gasteiger partial charge in [-0.3, -0.25) is 0 Å². The first-order valence-electron chi connectivity index (χ1n) is 11.0. The zero-order valence-corrected chi connectivity index (χ0v) is 23.7. The van der Waals surface area contributed by atoms with E-state index in [1.807, 2.05) is 19.9 Å². The Morgan fingerprint density at radius 3 is 2.12 bits per heavy atom. The third-order valence-corrected chi connectivity index (χ3v) is 7.84. The Kier molecular flexibility index (Phi) is 11.7. The SMILES string of the molecule is CC(C)(C)C(P)C(C)(C)C.CCOCOC(=O)c1ccccc1Nc1c(Cl)ccc(C)c1Cl. The van der Waals surface area contributed by atoms with E-state index in [-0.39, 0.29) is 6.79 Å². The number of hydrogen-bond donors (Lipinski definition) is 1. The first kappa shape index (κ1) is 29.7. The minimum atomic E-state index is -0.485. The van der Waals surface area contributed by atoms with Crippen molar-refractivity contribution in [1.82, 2.24) is 0 Å². The van der Waals surface area contributed by atoms with Gasteiger partial charge in [0.05, 0.1) is 27.0 Å². The fraction of sp³-hybridized carbons (Fsp3) is 0.500. The molecule has 1 atom stereocenters. The highest BCUT2D eigenvalue weighted by Gasteiger charge is 2.30. The third kappa shape index (κ3) is 9.45. The van der Waals surface area contributed by atoms with Crippen LogP contribution in [0, 0.1) is 17.8 Å². The molecule has 0 saturated heterocycles. The smallest absolute Gasteiger partial charge is 0.342 e. The van der Waals surface area contributed by atoms with Gasteiger partial charge in [0.15, 0.2) is 6.79 Å². The van der Waals surface area contributed by atoms with Crippen LogP contribution < -0.4 is 5.32 Å². The molecule has 2 aromatic rings. The van der Waals surface area contributed by atoms with Gasteiger partial charge in [0.2, 0.25) is 0 Å². The van der Waals surface area contributed by atoms with Gasteiger partial charge >= 0.3 is 5.97 Å². The molecular weight excluding hydrogens is 476 g/mol. The first-order chi connectivity index (χ1) is 15.2. The molecule has 0 aliphatic rings. The number of para-hydroxylation sites is 1. The zero-order chi connectivity index (χ0) is 25.4. The number of ether oxygens (including phenoxy) is 2. The van der Waals surface area contributed by atoms with Crippen molar-refractivity contribution in [3.05, 3.63) is 57.6 Å². The van der Waals surface area contributed by atoms with Crippen molar-refractivity contribution >= 4 is 49.8 Å². The molecule has 2 rings (SSSR count). The summed E-state index contributed by atoms with van der Waals surface area (Å²) >= 11 is 12.5. The standard InChI is InChI=1S/C17H17Cl2NO3.C9H21P/c1-3-22-10-23-17(21)12-6-4-5-7-14(12)20-16-13(18)9-8-11(2)15(16)19;1-8(2,3)7(10)9(4,5)6/h4-9,20H,3,10H2,1-2H3;7H,10H2,1-6H3. The van der Waals surface area contributed by atoms with Crippen LogP contribution in [0.2, 0.25) is 10.0 Å². The largest absolute Gasteiger partial charge is 0.435 e. The lowest BCUT2D eigenvalue weighted by Gasteiger charge is -2.37. The number of rotatable bonds is 6. The molecule has 0 radical (unpaired) electrons. The van der Waals surface area contributed by atoms with Crippen LogP contribution in [0.4, 0.5) is 11.4 Å². The molecule has 184 valence electrons. The molecule has 0 spiro atoms. The molecule has 0 heterocycles. The Hall–Kier alpha value is -1.32. The number of carbonyl (C=O) groups excluding carboxylic acids is 1. The van der Waals surface area contributed by atoms with E-state index < -0.39 is 5.97 Å². The summed E-state index contributed by atoms with van der Waals surface area (Å²) in [5.41, 5.74) is 3.86. The van der Waals surface area contributed by atoms with E-state index in [4.69, 9.17) is 32.7 Å². The molecule has 0 aromatic heterocycles. The topological polar surface area (TPSA) is 47.6 Å². The summed E-state index contributed by atoms with van der Waals surface area (Å²) in [7, 11) is 2.95. The number of carbonyl (C=O) groups is 1. The van der Waals surface area contributed by atoms with Gasteiger partial charge in [0, 0.05) is 6.61 Å². The zero-order valence-electron chi connectivity index (χ0n) is 21.0. The van der Waals surface area contributed by atoms with Crippen LogP contribution in [0.1, 0.15) is 64.4 Å². The van der Waals surface area contributed by atoms with Crippen molar-refractivity contribution in [3.8, 4) is 0 Å². The van der Waals surface area contributed by atoms with E-state index >= 15 is 0 Å².